The molecule has 1 aromatic carbocycles. The van der Waals surface area contributed by atoms with Gasteiger partial charge in [-0.05, 0) is 31.5 Å². The number of amides is 1. The number of nitrogens with one attached hydrogen (secondary N) is 1. The lowest BCUT2D eigenvalue weighted by molar-refractivity contribution is -0.116. The van der Waals surface area contributed by atoms with Crippen molar-refractivity contribution in [2.75, 3.05) is 11.1 Å². The van der Waals surface area contributed by atoms with E-state index in [-0.39, 0.29) is 5.91 Å². The molecule has 0 radical (unpaired) electrons. The molecule has 0 saturated heterocycles. The Kier molecular flexibility index (Phi) is 4.63. The number of carbonyl (C=O) groups is 1. The predicted molar refractivity (Wildman–Crippen MR) is 80.7 cm³/mol. The Morgan fingerprint density at radius 2 is 2.30 bits per heavy atom. The quantitative estimate of drug-likeness (QED) is 0.832. The first-order valence-electron chi connectivity index (χ1n) is 6.39. The summed E-state index contributed by atoms with van der Waals surface area (Å²) in [6, 6.07) is 5.05. The van der Waals surface area contributed by atoms with Gasteiger partial charge in [0, 0.05) is 31.0 Å². The Hall–Kier alpha value is -2.01. The maximum Gasteiger partial charge on any atom is 0.224 e. The van der Waals surface area contributed by atoms with Gasteiger partial charge >= 0.3 is 0 Å². The van der Waals surface area contributed by atoms with Gasteiger partial charge in [-0.3, -0.25) is 4.79 Å². The second-order valence-corrected chi connectivity index (χ2v) is 4.96. The Morgan fingerprint density at radius 1 is 1.50 bits per heavy atom. The van der Waals surface area contributed by atoms with Gasteiger partial charge in [0.05, 0.1) is 10.7 Å². The third kappa shape index (κ3) is 3.74. The van der Waals surface area contributed by atoms with Gasteiger partial charge in [-0.25, -0.2) is 4.98 Å². The minimum atomic E-state index is -0.0375. The van der Waals surface area contributed by atoms with Gasteiger partial charge in [0.1, 0.15) is 5.82 Å². The molecule has 6 heteroatoms. The molecule has 0 bridgehead atoms. The molecule has 1 aromatic heterocycles. The molecule has 2 aromatic rings. The van der Waals surface area contributed by atoms with Crippen molar-refractivity contribution >= 4 is 28.9 Å². The topological polar surface area (TPSA) is 72.9 Å². The molecule has 1 amide bonds. The number of aryl methyl sites for hydroxylation is 2. The Labute approximate surface area is 122 Å². The van der Waals surface area contributed by atoms with Crippen molar-refractivity contribution in [2.45, 2.75) is 26.3 Å². The monoisotopic (exact) mass is 292 g/mol. The van der Waals surface area contributed by atoms with Gasteiger partial charge < -0.3 is 15.6 Å². The zero-order valence-corrected chi connectivity index (χ0v) is 12.0. The summed E-state index contributed by atoms with van der Waals surface area (Å²) in [5.41, 5.74) is 6.80. The SMILES string of the molecule is Cc1nccn1CCCC(=O)Nc1ccc(Cl)c(N)c1. The summed E-state index contributed by atoms with van der Waals surface area (Å²) >= 11 is 5.83. The minimum absolute atomic E-state index is 0.0375. The molecular weight excluding hydrogens is 276 g/mol. The molecule has 106 valence electrons. The van der Waals surface area contributed by atoms with Crippen molar-refractivity contribution < 1.29 is 4.79 Å². The smallest absolute Gasteiger partial charge is 0.224 e. The maximum absolute atomic E-state index is 11.8. The standard InChI is InChI=1S/C14H17ClN4O/c1-10-17-6-8-19(10)7-2-3-14(20)18-11-4-5-12(15)13(16)9-11/h4-6,8-9H,2-3,7,16H2,1H3,(H,18,20). The molecule has 0 aliphatic carbocycles. The molecule has 2 rings (SSSR count). The molecule has 0 atom stereocenters. The van der Waals surface area contributed by atoms with Crippen molar-refractivity contribution in [3.8, 4) is 0 Å². The summed E-state index contributed by atoms with van der Waals surface area (Å²) in [5, 5.41) is 3.29. The van der Waals surface area contributed by atoms with Gasteiger partial charge in [0.2, 0.25) is 5.91 Å². The fourth-order valence-corrected chi connectivity index (χ4v) is 2.01. The summed E-state index contributed by atoms with van der Waals surface area (Å²) < 4.78 is 2.02. The van der Waals surface area contributed by atoms with Gasteiger partial charge in [-0.2, -0.15) is 0 Å². The number of carbonyl (C=O) groups excluding carboxylic acids is 1. The number of imidazole rings is 1. The van der Waals surface area contributed by atoms with Gasteiger partial charge in [-0.1, -0.05) is 11.6 Å². The summed E-state index contributed by atoms with van der Waals surface area (Å²) in [5.74, 6) is 0.917. The van der Waals surface area contributed by atoms with Crippen molar-refractivity contribution in [3.05, 3.63) is 41.4 Å². The molecule has 0 unspecified atom stereocenters. The molecule has 0 spiro atoms. The third-order valence-electron chi connectivity index (χ3n) is 3.01. The van der Waals surface area contributed by atoms with Crippen LogP contribution < -0.4 is 11.1 Å². The Balaban J connectivity index is 1.80. The van der Waals surface area contributed by atoms with Gasteiger partial charge in [-0.15, -0.1) is 0 Å². The number of halogens is 1. The number of rotatable bonds is 5. The number of nitrogens with zero attached hydrogens (tertiary/aromatic N) is 2. The van der Waals surface area contributed by atoms with Crippen LogP contribution in [0, 0.1) is 6.92 Å². The van der Waals surface area contributed by atoms with Crippen LogP contribution in [0.2, 0.25) is 5.02 Å². The third-order valence-corrected chi connectivity index (χ3v) is 3.35. The summed E-state index contributed by atoms with van der Waals surface area (Å²) in [6.07, 6.45) is 4.87. The van der Waals surface area contributed by atoms with E-state index in [0.29, 0.717) is 22.8 Å². The number of nitrogen functional groups attached to an aromatic ring is 1. The highest BCUT2D eigenvalue weighted by molar-refractivity contribution is 6.33. The number of anilines is 2. The van der Waals surface area contributed by atoms with Gasteiger partial charge in [0.15, 0.2) is 0 Å². The van der Waals surface area contributed by atoms with E-state index in [1.54, 1.807) is 24.4 Å². The summed E-state index contributed by atoms with van der Waals surface area (Å²) in [6.45, 7) is 2.72. The minimum Gasteiger partial charge on any atom is -0.397 e. The van der Waals surface area contributed by atoms with Crippen molar-refractivity contribution in [1.29, 1.82) is 0 Å². The van der Waals surface area contributed by atoms with Crippen LogP contribution in [-0.2, 0) is 11.3 Å². The highest BCUT2D eigenvalue weighted by Gasteiger charge is 2.05. The lowest BCUT2D eigenvalue weighted by atomic mass is 10.2. The highest BCUT2D eigenvalue weighted by atomic mass is 35.5. The van der Waals surface area contributed by atoms with Crippen LogP contribution >= 0.6 is 11.6 Å². The number of nitrogens with two attached hydrogens (primary N) is 1. The number of hydrogen-bond donors (Lipinski definition) is 2. The van der Waals surface area contributed by atoms with Crippen molar-refractivity contribution in [2.24, 2.45) is 0 Å². The Bertz CT molecular complexity index is 609. The summed E-state index contributed by atoms with van der Waals surface area (Å²) in [7, 11) is 0. The average molecular weight is 293 g/mol. The van der Waals surface area contributed by atoms with Crippen molar-refractivity contribution in [1.82, 2.24) is 9.55 Å². The van der Waals surface area contributed by atoms with E-state index >= 15 is 0 Å². The fraction of sp³-hybridized carbons (Fsp3) is 0.286. The molecular formula is C14H17ClN4O. The lowest BCUT2D eigenvalue weighted by Crippen LogP contribution is -2.12. The van der Waals surface area contributed by atoms with Crippen LogP contribution in [0.4, 0.5) is 11.4 Å². The molecule has 0 fully saturated rings. The second kappa shape index (κ2) is 6.43. The molecule has 20 heavy (non-hydrogen) atoms. The maximum atomic E-state index is 11.8. The van der Waals surface area contributed by atoms with Crippen LogP contribution in [0.3, 0.4) is 0 Å². The molecule has 0 aliphatic rings. The molecule has 1 heterocycles. The normalized spacial score (nSPS) is 10.5. The van der Waals surface area contributed by atoms with E-state index in [9.17, 15) is 4.79 Å². The lowest BCUT2D eigenvalue weighted by Gasteiger charge is -2.08. The average Bonchev–Trinajstić information content (AvgIpc) is 2.80. The zero-order chi connectivity index (χ0) is 14.5. The highest BCUT2D eigenvalue weighted by Crippen LogP contribution is 2.22. The first-order valence-corrected chi connectivity index (χ1v) is 6.76. The van der Waals surface area contributed by atoms with E-state index in [1.165, 1.54) is 0 Å². The van der Waals surface area contributed by atoms with Gasteiger partial charge in [0.25, 0.3) is 0 Å². The number of hydrogen-bond acceptors (Lipinski definition) is 3. The van der Waals surface area contributed by atoms with Crippen LogP contribution in [0.25, 0.3) is 0 Å². The van der Waals surface area contributed by atoms with E-state index in [0.717, 1.165) is 18.8 Å². The molecule has 5 nitrogen and oxygen atoms in total. The van der Waals surface area contributed by atoms with E-state index in [4.69, 9.17) is 17.3 Å². The number of benzene rings is 1. The first kappa shape index (κ1) is 14.4. The largest absolute Gasteiger partial charge is 0.397 e. The van der Waals surface area contributed by atoms with Crippen LogP contribution in [0.1, 0.15) is 18.7 Å². The second-order valence-electron chi connectivity index (χ2n) is 4.56. The molecule has 3 N–H and O–H groups in total. The predicted octanol–water partition coefficient (Wildman–Crippen LogP) is 2.85. The Morgan fingerprint density at radius 3 is 2.95 bits per heavy atom. The molecule has 0 aliphatic heterocycles. The van der Waals surface area contributed by atoms with E-state index in [1.807, 2.05) is 17.7 Å². The van der Waals surface area contributed by atoms with Crippen molar-refractivity contribution in [3.63, 3.8) is 0 Å². The molecule has 0 saturated carbocycles. The zero-order valence-electron chi connectivity index (χ0n) is 11.3. The number of aromatic nitrogens is 2. The van der Waals surface area contributed by atoms with Crippen LogP contribution in [0.15, 0.2) is 30.6 Å². The van der Waals surface area contributed by atoms with E-state index in [2.05, 4.69) is 10.3 Å². The van der Waals surface area contributed by atoms with E-state index < -0.39 is 0 Å². The first-order chi connectivity index (χ1) is 9.56. The van der Waals surface area contributed by atoms with Crippen LogP contribution in [-0.4, -0.2) is 15.5 Å². The van der Waals surface area contributed by atoms with Crippen LogP contribution in [0.5, 0.6) is 0 Å². The fourth-order valence-electron chi connectivity index (χ4n) is 1.89. The summed E-state index contributed by atoms with van der Waals surface area (Å²) in [4.78, 5) is 15.9.